The summed E-state index contributed by atoms with van der Waals surface area (Å²) >= 11 is 1.72. The zero-order valence-corrected chi connectivity index (χ0v) is 17.1. The fourth-order valence-electron chi connectivity index (χ4n) is 2.46. The predicted molar refractivity (Wildman–Crippen MR) is 111 cm³/mol. The van der Waals surface area contributed by atoms with Gasteiger partial charge in [-0.3, -0.25) is 15.1 Å². The van der Waals surface area contributed by atoms with Gasteiger partial charge in [-0.05, 0) is 38.4 Å². The molecule has 152 valence electrons. The molecule has 0 saturated carbocycles. The summed E-state index contributed by atoms with van der Waals surface area (Å²) in [7, 11) is 4.01. The van der Waals surface area contributed by atoms with Crippen LogP contribution in [0, 0.1) is 10.1 Å². The maximum absolute atomic E-state index is 10.8. The lowest BCUT2D eigenvalue weighted by molar-refractivity contribution is -0.404. The van der Waals surface area contributed by atoms with E-state index in [1.54, 1.807) is 18.0 Å². The van der Waals surface area contributed by atoms with E-state index in [4.69, 9.17) is 4.42 Å². The molecule has 0 unspecified atom stereocenters. The molecule has 0 bridgehead atoms. The molecule has 9 heteroatoms. The van der Waals surface area contributed by atoms with Gasteiger partial charge in [0.25, 0.3) is 6.20 Å². The molecule has 0 atom stereocenters. The Kier molecular flexibility index (Phi) is 9.36. The Morgan fingerprint density at radius 2 is 2.04 bits per heavy atom. The van der Waals surface area contributed by atoms with Crippen molar-refractivity contribution in [3.8, 4) is 0 Å². The fourth-order valence-corrected chi connectivity index (χ4v) is 3.20. The van der Waals surface area contributed by atoms with Crippen LogP contribution in [-0.4, -0.2) is 47.7 Å². The molecule has 2 rings (SSSR count). The van der Waals surface area contributed by atoms with E-state index in [2.05, 4.69) is 20.5 Å². The SMILES string of the molecule is CN(C)Cc1ccc(CSCCNC(=C[N+](=O)[O-])NCCc2ccccn2)o1. The largest absolute Gasteiger partial charge is 0.464 e. The van der Waals surface area contributed by atoms with Gasteiger partial charge in [0, 0.05) is 37.2 Å². The number of hydrogen-bond acceptors (Lipinski definition) is 8. The first-order chi connectivity index (χ1) is 13.5. The molecule has 2 aromatic rings. The van der Waals surface area contributed by atoms with E-state index in [0.29, 0.717) is 25.3 Å². The number of nitro groups is 1. The van der Waals surface area contributed by atoms with Gasteiger partial charge in [-0.1, -0.05) is 6.07 Å². The summed E-state index contributed by atoms with van der Waals surface area (Å²) in [6.45, 7) is 1.97. The summed E-state index contributed by atoms with van der Waals surface area (Å²) in [5, 5.41) is 17.0. The first-order valence-electron chi connectivity index (χ1n) is 9.06. The molecule has 0 aliphatic heterocycles. The van der Waals surface area contributed by atoms with Gasteiger partial charge in [0.15, 0.2) is 5.82 Å². The second kappa shape index (κ2) is 12.0. The molecule has 2 aromatic heterocycles. The number of pyridine rings is 1. The first kappa shape index (κ1) is 21.8. The molecular weight excluding hydrogens is 378 g/mol. The molecule has 2 heterocycles. The van der Waals surface area contributed by atoms with Gasteiger partial charge in [0.05, 0.1) is 17.2 Å². The van der Waals surface area contributed by atoms with Crippen molar-refractivity contribution in [3.05, 3.63) is 75.9 Å². The van der Waals surface area contributed by atoms with Crippen LogP contribution < -0.4 is 10.6 Å². The number of furan rings is 1. The number of nitrogens with one attached hydrogen (secondary N) is 2. The quantitative estimate of drug-likeness (QED) is 0.298. The van der Waals surface area contributed by atoms with Gasteiger partial charge in [-0.15, -0.1) is 0 Å². The lowest BCUT2D eigenvalue weighted by Gasteiger charge is -2.11. The molecule has 0 radical (unpaired) electrons. The molecule has 0 amide bonds. The van der Waals surface area contributed by atoms with Crippen molar-refractivity contribution in [2.24, 2.45) is 0 Å². The van der Waals surface area contributed by atoms with Crippen molar-refractivity contribution in [2.45, 2.75) is 18.7 Å². The maximum atomic E-state index is 10.8. The molecule has 0 aromatic carbocycles. The van der Waals surface area contributed by atoms with E-state index in [0.717, 1.165) is 41.5 Å². The van der Waals surface area contributed by atoms with E-state index in [1.165, 1.54) is 0 Å². The second-order valence-corrected chi connectivity index (χ2v) is 7.52. The molecule has 0 fully saturated rings. The van der Waals surface area contributed by atoms with Crippen LogP contribution in [0.15, 0.2) is 53.0 Å². The second-order valence-electron chi connectivity index (χ2n) is 6.41. The summed E-state index contributed by atoms with van der Waals surface area (Å²) in [6, 6.07) is 9.71. The molecule has 0 aliphatic rings. The zero-order chi connectivity index (χ0) is 20.2. The van der Waals surface area contributed by atoms with Crippen LogP contribution in [0.25, 0.3) is 0 Å². The van der Waals surface area contributed by atoms with Crippen LogP contribution in [0.1, 0.15) is 17.2 Å². The van der Waals surface area contributed by atoms with Gasteiger partial charge in [-0.2, -0.15) is 11.8 Å². The number of nitrogens with zero attached hydrogens (tertiary/aromatic N) is 3. The predicted octanol–water partition coefficient (Wildman–Crippen LogP) is 2.47. The minimum absolute atomic E-state index is 0.410. The third-order valence-corrected chi connectivity index (χ3v) is 4.63. The van der Waals surface area contributed by atoms with E-state index < -0.39 is 4.92 Å². The van der Waals surface area contributed by atoms with Crippen molar-refractivity contribution < 1.29 is 9.34 Å². The Hall–Kier alpha value is -2.52. The van der Waals surface area contributed by atoms with Crippen LogP contribution in [0.2, 0.25) is 0 Å². The highest BCUT2D eigenvalue weighted by molar-refractivity contribution is 7.98. The Bertz CT molecular complexity index is 749. The Balaban J connectivity index is 1.67. The van der Waals surface area contributed by atoms with Crippen molar-refractivity contribution in [1.29, 1.82) is 0 Å². The lowest BCUT2D eigenvalue weighted by Crippen LogP contribution is -2.30. The van der Waals surface area contributed by atoms with Gasteiger partial charge in [-0.25, -0.2) is 0 Å². The molecule has 8 nitrogen and oxygen atoms in total. The van der Waals surface area contributed by atoms with E-state index in [9.17, 15) is 10.1 Å². The van der Waals surface area contributed by atoms with Crippen molar-refractivity contribution >= 4 is 11.8 Å². The monoisotopic (exact) mass is 405 g/mol. The minimum Gasteiger partial charge on any atom is -0.464 e. The van der Waals surface area contributed by atoms with Gasteiger partial charge >= 0.3 is 0 Å². The first-order valence-corrected chi connectivity index (χ1v) is 10.2. The summed E-state index contributed by atoms with van der Waals surface area (Å²) in [6.07, 6.45) is 3.39. The van der Waals surface area contributed by atoms with E-state index in [1.807, 2.05) is 44.4 Å². The standard InChI is InChI=1S/C19H27N5O3S/c1-23(2)13-17-6-7-18(27-17)15-28-12-11-22-19(14-24(25)26)21-10-8-16-5-3-4-9-20-16/h3-7,9,14,21-22H,8,10-13,15H2,1-2H3. The van der Waals surface area contributed by atoms with E-state index >= 15 is 0 Å². The van der Waals surface area contributed by atoms with Crippen LogP contribution in [0.3, 0.4) is 0 Å². The topological polar surface area (TPSA) is 96.5 Å². The Labute approximate surface area is 169 Å². The highest BCUT2D eigenvalue weighted by atomic mass is 32.2. The van der Waals surface area contributed by atoms with Crippen molar-refractivity contribution in [1.82, 2.24) is 20.5 Å². The van der Waals surface area contributed by atoms with Gasteiger partial charge in [0.1, 0.15) is 11.5 Å². The molecule has 0 saturated heterocycles. The smallest absolute Gasteiger partial charge is 0.274 e. The third-order valence-electron chi connectivity index (χ3n) is 3.65. The highest BCUT2D eigenvalue weighted by Gasteiger charge is 2.05. The van der Waals surface area contributed by atoms with Gasteiger partial charge < -0.3 is 20.0 Å². The number of rotatable bonds is 13. The minimum atomic E-state index is -0.460. The molecule has 2 N–H and O–H groups in total. The average molecular weight is 406 g/mol. The molecule has 28 heavy (non-hydrogen) atoms. The summed E-state index contributed by atoms with van der Waals surface area (Å²) < 4.78 is 5.77. The van der Waals surface area contributed by atoms with Crippen LogP contribution in [0.5, 0.6) is 0 Å². The van der Waals surface area contributed by atoms with Gasteiger partial charge in [0.2, 0.25) is 0 Å². The maximum Gasteiger partial charge on any atom is 0.274 e. The molecule has 0 spiro atoms. The molecular formula is C19H27N5O3S. The molecule has 0 aliphatic carbocycles. The number of aromatic nitrogens is 1. The summed E-state index contributed by atoms with van der Waals surface area (Å²) in [5.74, 6) is 3.88. The Morgan fingerprint density at radius 3 is 2.75 bits per heavy atom. The normalized spacial score (nSPS) is 11.6. The van der Waals surface area contributed by atoms with Crippen LogP contribution in [0.4, 0.5) is 0 Å². The van der Waals surface area contributed by atoms with Crippen molar-refractivity contribution in [2.75, 3.05) is 32.9 Å². The van der Waals surface area contributed by atoms with E-state index in [-0.39, 0.29) is 0 Å². The summed E-state index contributed by atoms with van der Waals surface area (Å²) in [4.78, 5) is 16.7. The summed E-state index contributed by atoms with van der Waals surface area (Å²) in [5.41, 5.74) is 0.943. The third kappa shape index (κ3) is 8.92. The number of hydrogen-bond donors (Lipinski definition) is 2. The van der Waals surface area contributed by atoms with Crippen molar-refractivity contribution in [3.63, 3.8) is 0 Å². The average Bonchev–Trinajstić information content (AvgIpc) is 3.08. The fraction of sp³-hybridized carbons (Fsp3) is 0.421. The van der Waals surface area contributed by atoms with Crippen LogP contribution in [-0.2, 0) is 18.7 Å². The highest BCUT2D eigenvalue weighted by Crippen LogP contribution is 2.16. The Morgan fingerprint density at radius 1 is 1.25 bits per heavy atom. The lowest BCUT2D eigenvalue weighted by atomic mass is 10.3. The number of thioether (sulfide) groups is 1. The van der Waals surface area contributed by atoms with Crippen LogP contribution >= 0.6 is 11.8 Å². The zero-order valence-electron chi connectivity index (χ0n) is 16.3.